The maximum Gasteiger partial charge on any atom is 0.305 e. The van der Waals surface area contributed by atoms with Gasteiger partial charge in [0.15, 0.2) is 17.2 Å². The van der Waals surface area contributed by atoms with Crippen molar-refractivity contribution in [2.45, 2.75) is 6.42 Å². The summed E-state index contributed by atoms with van der Waals surface area (Å²) in [6, 6.07) is 10.4. The summed E-state index contributed by atoms with van der Waals surface area (Å²) in [7, 11) is 3.68. The Bertz CT molecular complexity index is 1470. The molecule has 12 heteroatoms. The van der Waals surface area contributed by atoms with Gasteiger partial charge in [0.2, 0.25) is 0 Å². The number of fused-ring (bicyclic) bond motifs is 1. The van der Waals surface area contributed by atoms with Crippen LogP contribution in [0.5, 0.6) is 5.75 Å². The van der Waals surface area contributed by atoms with Crippen LogP contribution in [0, 0.1) is 5.82 Å². The van der Waals surface area contributed by atoms with Crippen molar-refractivity contribution in [1.29, 1.82) is 0 Å². The summed E-state index contributed by atoms with van der Waals surface area (Å²) in [6.45, 7) is 0.812. The Labute approximate surface area is 216 Å². The smallest absolute Gasteiger partial charge is 0.305 e. The molecule has 0 unspecified atom stereocenters. The topological polar surface area (TPSA) is 150 Å². The SMILES string of the molecule is CN(C)CCNC(=O)c1nc(C(=O)NNC(=O)c2ccco2)c2cc(Cc3ccc(F)cc3)cnc2c1O. The van der Waals surface area contributed by atoms with Crippen LogP contribution in [0.3, 0.4) is 0 Å². The third-order valence-electron chi connectivity index (χ3n) is 5.50. The zero-order chi connectivity index (χ0) is 27.2. The van der Waals surface area contributed by atoms with Gasteiger partial charge in [0.1, 0.15) is 17.0 Å². The molecule has 0 fully saturated rings. The molecule has 196 valence electrons. The van der Waals surface area contributed by atoms with Crippen molar-refractivity contribution in [3.8, 4) is 5.75 Å². The second-order valence-electron chi connectivity index (χ2n) is 8.65. The van der Waals surface area contributed by atoms with Crippen molar-refractivity contribution >= 4 is 28.6 Å². The average molecular weight is 521 g/mol. The molecule has 4 aromatic rings. The molecule has 0 atom stereocenters. The minimum Gasteiger partial charge on any atom is -0.504 e. The number of likely N-dealkylation sites (N-methyl/N-ethyl adjacent to an activating group) is 1. The van der Waals surface area contributed by atoms with Gasteiger partial charge in [0, 0.05) is 24.7 Å². The number of carbonyl (C=O) groups is 3. The van der Waals surface area contributed by atoms with E-state index in [4.69, 9.17) is 4.42 Å². The van der Waals surface area contributed by atoms with Crippen LogP contribution in [0.2, 0.25) is 0 Å². The molecular formula is C26H25FN6O5. The number of aromatic nitrogens is 2. The van der Waals surface area contributed by atoms with Gasteiger partial charge >= 0.3 is 5.91 Å². The molecular weight excluding hydrogens is 495 g/mol. The molecule has 0 bridgehead atoms. The molecule has 3 amide bonds. The molecule has 0 aliphatic carbocycles. The fraction of sp³-hybridized carbons (Fsp3) is 0.192. The molecule has 3 aromatic heterocycles. The van der Waals surface area contributed by atoms with Crippen LogP contribution in [0.15, 0.2) is 59.3 Å². The normalized spacial score (nSPS) is 10.9. The van der Waals surface area contributed by atoms with Gasteiger partial charge in [-0.2, -0.15) is 0 Å². The maximum atomic E-state index is 13.3. The monoisotopic (exact) mass is 520 g/mol. The van der Waals surface area contributed by atoms with Crippen molar-refractivity contribution < 1.29 is 28.3 Å². The van der Waals surface area contributed by atoms with Crippen molar-refractivity contribution in [1.82, 2.24) is 31.0 Å². The molecule has 1 aromatic carbocycles. The minimum absolute atomic E-state index is 0.0249. The number of carbonyl (C=O) groups excluding carboxylic acids is 3. The fourth-order valence-corrected chi connectivity index (χ4v) is 3.60. The van der Waals surface area contributed by atoms with Gasteiger partial charge in [-0.25, -0.2) is 9.37 Å². The molecule has 0 aliphatic heterocycles. The van der Waals surface area contributed by atoms with E-state index in [9.17, 15) is 23.9 Å². The van der Waals surface area contributed by atoms with Crippen LogP contribution >= 0.6 is 0 Å². The number of pyridine rings is 2. The molecule has 4 rings (SSSR count). The number of nitrogens with one attached hydrogen (secondary N) is 3. The number of rotatable bonds is 8. The molecule has 38 heavy (non-hydrogen) atoms. The second kappa shape index (κ2) is 11.5. The molecule has 11 nitrogen and oxygen atoms in total. The van der Waals surface area contributed by atoms with Crippen molar-refractivity contribution in [3.63, 3.8) is 0 Å². The Hall–Kier alpha value is -4.84. The predicted molar refractivity (Wildman–Crippen MR) is 135 cm³/mol. The zero-order valence-corrected chi connectivity index (χ0v) is 20.6. The van der Waals surface area contributed by atoms with Gasteiger partial charge in [-0.3, -0.25) is 30.2 Å². The van der Waals surface area contributed by atoms with Gasteiger partial charge in [0.25, 0.3) is 11.8 Å². The van der Waals surface area contributed by atoms with Crippen molar-refractivity contribution in [2.24, 2.45) is 0 Å². The molecule has 0 spiro atoms. The summed E-state index contributed by atoms with van der Waals surface area (Å²) >= 11 is 0. The van der Waals surface area contributed by atoms with Gasteiger partial charge in [0.05, 0.1) is 6.26 Å². The summed E-state index contributed by atoms with van der Waals surface area (Å²) in [4.78, 5) is 48.4. The Morgan fingerprint density at radius 2 is 1.74 bits per heavy atom. The van der Waals surface area contributed by atoms with Crippen LogP contribution in [0.4, 0.5) is 4.39 Å². The van der Waals surface area contributed by atoms with E-state index in [0.29, 0.717) is 18.5 Å². The van der Waals surface area contributed by atoms with E-state index in [1.54, 1.807) is 18.2 Å². The highest BCUT2D eigenvalue weighted by molar-refractivity contribution is 6.10. The number of halogens is 1. The van der Waals surface area contributed by atoms with Crippen LogP contribution in [0.1, 0.15) is 42.7 Å². The molecule has 0 aliphatic rings. The number of furan rings is 1. The number of hydrogen-bond acceptors (Lipinski definition) is 8. The summed E-state index contributed by atoms with van der Waals surface area (Å²) < 4.78 is 18.3. The van der Waals surface area contributed by atoms with E-state index in [2.05, 4.69) is 26.1 Å². The molecule has 4 N–H and O–H groups in total. The first-order chi connectivity index (χ1) is 18.2. The van der Waals surface area contributed by atoms with Gasteiger partial charge in [-0.1, -0.05) is 12.1 Å². The Kier molecular flexibility index (Phi) is 7.92. The number of benzene rings is 1. The lowest BCUT2D eigenvalue weighted by Gasteiger charge is -2.14. The quantitative estimate of drug-likeness (QED) is 0.258. The highest BCUT2D eigenvalue weighted by atomic mass is 19.1. The van der Waals surface area contributed by atoms with Crippen LogP contribution in [-0.4, -0.2) is 64.9 Å². The van der Waals surface area contributed by atoms with Crippen molar-refractivity contribution in [3.05, 3.63) is 89.0 Å². The molecule has 0 saturated carbocycles. The highest BCUT2D eigenvalue weighted by Crippen LogP contribution is 2.29. The number of hydrazine groups is 1. The first-order valence-corrected chi connectivity index (χ1v) is 11.6. The Morgan fingerprint density at radius 3 is 2.42 bits per heavy atom. The Balaban J connectivity index is 1.69. The van der Waals surface area contributed by atoms with Gasteiger partial charge in [-0.05, 0) is 62.0 Å². The van der Waals surface area contributed by atoms with Crippen LogP contribution in [-0.2, 0) is 6.42 Å². The summed E-state index contributed by atoms with van der Waals surface area (Å²) in [5.74, 6) is -3.14. The second-order valence-corrected chi connectivity index (χ2v) is 8.65. The van der Waals surface area contributed by atoms with E-state index in [-0.39, 0.29) is 34.7 Å². The third kappa shape index (κ3) is 6.10. The maximum absolute atomic E-state index is 13.3. The summed E-state index contributed by atoms with van der Waals surface area (Å²) in [6.07, 6.45) is 3.15. The lowest BCUT2D eigenvalue weighted by molar-refractivity contribution is 0.0828. The van der Waals surface area contributed by atoms with E-state index < -0.39 is 29.2 Å². The summed E-state index contributed by atoms with van der Waals surface area (Å²) in [5.41, 5.74) is 5.24. The highest BCUT2D eigenvalue weighted by Gasteiger charge is 2.24. The molecule has 0 saturated heterocycles. The lowest BCUT2D eigenvalue weighted by Crippen LogP contribution is -2.42. The van der Waals surface area contributed by atoms with Crippen LogP contribution in [0.25, 0.3) is 10.9 Å². The number of aromatic hydroxyl groups is 1. The van der Waals surface area contributed by atoms with Gasteiger partial charge in [-0.15, -0.1) is 0 Å². The zero-order valence-electron chi connectivity index (χ0n) is 20.6. The molecule has 3 heterocycles. The third-order valence-corrected chi connectivity index (χ3v) is 5.50. The van der Waals surface area contributed by atoms with E-state index in [0.717, 1.165) is 5.56 Å². The average Bonchev–Trinajstić information content (AvgIpc) is 3.44. The van der Waals surface area contributed by atoms with Crippen molar-refractivity contribution in [2.75, 3.05) is 27.2 Å². The van der Waals surface area contributed by atoms with E-state index in [1.165, 1.54) is 36.7 Å². The van der Waals surface area contributed by atoms with Crippen LogP contribution < -0.4 is 16.2 Å². The number of amides is 3. The largest absolute Gasteiger partial charge is 0.504 e. The number of hydrogen-bond donors (Lipinski definition) is 4. The Morgan fingerprint density at radius 1 is 1.00 bits per heavy atom. The predicted octanol–water partition coefficient (Wildman–Crippen LogP) is 2.02. The minimum atomic E-state index is -0.849. The van der Waals surface area contributed by atoms with E-state index in [1.807, 2.05) is 19.0 Å². The van der Waals surface area contributed by atoms with E-state index >= 15 is 0 Å². The standard InChI is InChI=1S/C26H25FN6O5/c1-33(2)10-9-28-25(36)22-23(34)20-18(13-16(14-29-20)12-15-5-7-17(27)8-6-15)21(30-22)26(37)32-31-24(35)19-4-3-11-38-19/h3-8,11,13-14,34H,9-10,12H2,1-2H3,(H,28,36)(H,31,35)(H,32,37). The first kappa shape index (κ1) is 26.2. The lowest BCUT2D eigenvalue weighted by atomic mass is 10.0. The fourth-order valence-electron chi connectivity index (χ4n) is 3.60. The first-order valence-electron chi connectivity index (χ1n) is 11.6. The molecule has 0 radical (unpaired) electrons. The summed E-state index contributed by atoms with van der Waals surface area (Å²) in [5, 5.41) is 13.6. The van der Waals surface area contributed by atoms with Gasteiger partial charge < -0.3 is 19.7 Å². The number of nitrogens with zero attached hydrogens (tertiary/aromatic N) is 3.